The van der Waals surface area contributed by atoms with Gasteiger partial charge in [-0.2, -0.15) is 0 Å². The molecule has 0 spiro atoms. The number of nitrogens with zero attached hydrogens (tertiary/aromatic N) is 4. The summed E-state index contributed by atoms with van der Waals surface area (Å²) in [5.41, 5.74) is 10.5. The van der Waals surface area contributed by atoms with Gasteiger partial charge in [-0.1, -0.05) is 19.9 Å². The molecule has 0 saturated carbocycles. The molecule has 37 heavy (non-hydrogen) atoms. The highest BCUT2D eigenvalue weighted by Gasteiger charge is 2.27. The Labute approximate surface area is 214 Å². The van der Waals surface area contributed by atoms with Crippen LogP contribution in [0.4, 0.5) is 21.6 Å². The van der Waals surface area contributed by atoms with E-state index in [2.05, 4.69) is 25.5 Å². The van der Waals surface area contributed by atoms with E-state index in [1.165, 1.54) is 12.1 Å². The van der Waals surface area contributed by atoms with Gasteiger partial charge < -0.3 is 26.0 Å². The number of anilines is 3. The Morgan fingerprint density at radius 3 is 2.62 bits per heavy atom. The van der Waals surface area contributed by atoms with Crippen LogP contribution in [0.15, 0.2) is 55.0 Å². The largest absolute Gasteiger partial charge is 0.378 e. The van der Waals surface area contributed by atoms with Gasteiger partial charge in [-0.25, -0.2) is 14.4 Å². The maximum absolute atomic E-state index is 13.6. The molecule has 1 fully saturated rings. The first-order valence-electron chi connectivity index (χ1n) is 12.3. The second-order valence-electron chi connectivity index (χ2n) is 9.28. The van der Waals surface area contributed by atoms with Crippen LogP contribution in [0.1, 0.15) is 29.8 Å². The van der Waals surface area contributed by atoms with Crippen molar-refractivity contribution in [2.75, 3.05) is 36.5 Å². The molecule has 192 valence electrons. The number of aromatic nitrogens is 3. The van der Waals surface area contributed by atoms with Crippen LogP contribution in [0, 0.1) is 5.82 Å². The monoisotopic (exact) mass is 503 g/mol. The fourth-order valence-corrected chi connectivity index (χ4v) is 4.45. The zero-order valence-corrected chi connectivity index (χ0v) is 20.9. The SMILES string of the molecule is CC(C)N.O=C1NCc2c(-c3cnc4cc(F)ccn34)ccc(Nc3ccc(N4CCOCC4)cn3)c21. The van der Waals surface area contributed by atoms with Crippen LogP contribution < -0.4 is 21.3 Å². The van der Waals surface area contributed by atoms with Gasteiger partial charge >= 0.3 is 0 Å². The Morgan fingerprint density at radius 1 is 1.11 bits per heavy atom. The van der Waals surface area contributed by atoms with Crippen molar-refractivity contribution in [3.8, 4) is 11.3 Å². The summed E-state index contributed by atoms with van der Waals surface area (Å²) in [5.74, 6) is 0.180. The number of nitrogens with one attached hydrogen (secondary N) is 2. The first kappa shape index (κ1) is 24.7. The Hall–Kier alpha value is -4.02. The molecule has 2 aliphatic rings. The molecule has 1 aromatic carbocycles. The minimum atomic E-state index is -0.339. The van der Waals surface area contributed by atoms with Crippen LogP contribution in [-0.2, 0) is 11.3 Å². The fourth-order valence-electron chi connectivity index (χ4n) is 4.45. The fraction of sp³-hybridized carbons (Fsp3) is 0.296. The van der Waals surface area contributed by atoms with E-state index < -0.39 is 0 Å². The zero-order chi connectivity index (χ0) is 25.9. The average molecular weight is 504 g/mol. The number of fused-ring (bicyclic) bond motifs is 2. The summed E-state index contributed by atoms with van der Waals surface area (Å²) in [6.07, 6.45) is 5.18. The predicted octanol–water partition coefficient (Wildman–Crippen LogP) is 3.71. The quantitative estimate of drug-likeness (QED) is 0.389. The number of morpholine rings is 1. The number of hydrogen-bond acceptors (Lipinski definition) is 7. The molecule has 0 unspecified atom stereocenters. The normalized spacial score (nSPS) is 14.8. The van der Waals surface area contributed by atoms with Crippen molar-refractivity contribution in [3.05, 3.63) is 71.9 Å². The Bertz CT molecular complexity index is 1410. The van der Waals surface area contributed by atoms with E-state index in [0.29, 0.717) is 35.3 Å². The van der Waals surface area contributed by atoms with Crippen molar-refractivity contribution < 1.29 is 13.9 Å². The second kappa shape index (κ2) is 10.5. The van der Waals surface area contributed by atoms with Crippen molar-refractivity contribution in [3.63, 3.8) is 0 Å². The number of halogens is 1. The van der Waals surface area contributed by atoms with Crippen molar-refractivity contribution >= 4 is 28.7 Å². The van der Waals surface area contributed by atoms with E-state index in [0.717, 1.165) is 48.8 Å². The van der Waals surface area contributed by atoms with Crippen molar-refractivity contribution in [2.24, 2.45) is 5.73 Å². The van der Waals surface area contributed by atoms with Gasteiger partial charge in [0.25, 0.3) is 5.91 Å². The lowest BCUT2D eigenvalue weighted by Gasteiger charge is -2.28. The number of amides is 1. The second-order valence-corrected chi connectivity index (χ2v) is 9.28. The third kappa shape index (κ3) is 5.25. The summed E-state index contributed by atoms with van der Waals surface area (Å²) < 4.78 is 20.8. The lowest BCUT2D eigenvalue weighted by atomic mass is 9.99. The molecule has 0 radical (unpaired) electrons. The minimum absolute atomic E-state index is 0.140. The first-order chi connectivity index (χ1) is 17.9. The Balaban J connectivity index is 0.000000655. The van der Waals surface area contributed by atoms with Crippen LogP contribution in [0.2, 0.25) is 0 Å². The maximum Gasteiger partial charge on any atom is 0.254 e. The summed E-state index contributed by atoms with van der Waals surface area (Å²) in [4.78, 5) is 23.8. The van der Waals surface area contributed by atoms with Gasteiger partial charge in [0, 0.05) is 37.5 Å². The van der Waals surface area contributed by atoms with Gasteiger partial charge in [0.1, 0.15) is 17.3 Å². The number of hydrogen-bond donors (Lipinski definition) is 3. The van der Waals surface area contributed by atoms with Crippen molar-refractivity contribution in [1.82, 2.24) is 19.7 Å². The highest BCUT2D eigenvalue weighted by Crippen LogP contribution is 2.35. The molecule has 5 heterocycles. The Morgan fingerprint density at radius 2 is 1.89 bits per heavy atom. The summed E-state index contributed by atoms with van der Waals surface area (Å²) in [5, 5.41) is 6.21. The lowest BCUT2D eigenvalue weighted by Crippen LogP contribution is -2.36. The molecule has 2 aliphatic heterocycles. The highest BCUT2D eigenvalue weighted by molar-refractivity contribution is 6.06. The van der Waals surface area contributed by atoms with Crippen LogP contribution in [0.5, 0.6) is 0 Å². The molecule has 0 atom stereocenters. The molecule has 0 bridgehead atoms. The van der Waals surface area contributed by atoms with E-state index in [4.69, 9.17) is 10.5 Å². The zero-order valence-electron chi connectivity index (χ0n) is 20.9. The number of carbonyl (C=O) groups is 1. The van der Waals surface area contributed by atoms with Crippen molar-refractivity contribution in [1.29, 1.82) is 0 Å². The topological polar surface area (TPSA) is 110 Å². The molecule has 3 aromatic heterocycles. The summed E-state index contributed by atoms with van der Waals surface area (Å²) in [6, 6.07) is 10.9. The number of rotatable bonds is 4. The standard InChI is InChI=1S/C24H21FN6O2.C3H9N/c25-15-5-6-31-20(14-27-22(31)11-15)17-2-3-19(23-18(17)13-28-24(23)32)29-21-4-1-16(12-26-21)30-7-9-33-10-8-30;1-3(2)4/h1-6,11-12,14H,7-10,13H2,(H,26,29)(H,28,32);3H,4H2,1-2H3. The van der Waals surface area contributed by atoms with Gasteiger partial charge in [0.2, 0.25) is 0 Å². The van der Waals surface area contributed by atoms with E-state index in [1.54, 1.807) is 12.4 Å². The van der Waals surface area contributed by atoms with Crippen molar-refractivity contribution in [2.45, 2.75) is 26.4 Å². The number of pyridine rings is 2. The molecule has 4 N–H and O–H groups in total. The number of carbonyl (C=O) groups excluding carboxylic acids is 1. The van der Waals surface area contributed by atoms with E-state index >= 15 is 0 Å². The molecule has 9 nitrogen and oxygen atoms in total. The molecule has 10 heteroatoms. The number of ether oxygens (including phenoxy) is 1. The van der Waals surface area contributed by atoms with Gasteiger partial charge in [0.15, 0.2) is 0 Å². The third-order valence-corrected chi connectivity index (χ3v) is 6.10. The molecule has 4 aromatic rings. The molecule has 6 rings (SSSR count). The molecule has 0 aliphatic carbocycles. The van der Waals surface area contributed by atoms with Crippen LogP contribution in [0.25, 0.3) is 16.9 Å². The molecule has 1 amide bonds. The maximum atomic E-state index is 13.6. The lowest BCUT2D eigenvalue weighted by molar-refractivity contribution is 0.0966. The molecule has 1 saturated heterocycles. The summed E-state index contributed by atoms with van der Waals surface area (Å²) in [6.45, 7) is 7.43. The smallest absolute Gasteiger partial charge is 0.254 e. The molecular weight excluding hydrogens is 473 g/mol. The van der Waals surface area contributed by atoms with Gasteiger partial charge in [0.05, 0.1) is 48.2 Å². The molecular formula is C27H30FN7O2. The van der Waals surface area contributed by atoms with E-state index in [9.17, 15) is 9.18 Å². The summed E-state index contributed by atoms with van der Waals surface area (Å²) in [7, 11) is 0. The Kier molecular flexibility index (Phi) is 7.02. The van der Waals surface area contributed by atoms with Gasteiger partial charge in [-0.15, -0.1) is 0 Å². The van der Waals surface area contributed by atoms with Crippen LogP contribution >= 0.6 is 0 Å². The van der Waals surface area contributed by atoms with E-state index in [-0.39, 0.29) is 11.7 Å². The predicted molar refractivity (Wildman–Crippen MR) is 142 cm³/mol. The van der Waals surface area contributed by atoms with Gasteiger partial charge in [-0.3, -0.25) is 9.20 Å². The number of nitrogens with two attached hydrogens (primary N) is 1. The van der Waals surface area contributed by atoms with E-state index in [1.807, 2.05) is 48.7 Å². The minimum Gasteiger partial charge on any atom is -0.378 e. The van der Waals surface area contributed by atoms with Gasteiger partial charge in [-0.05, 0) is 35.9 Å². The number of benzene rings is 1. The van der Waals surface area contributed by atoms with Crippen LogP contribution in [-0.4, -0.2) is 52.6 Å². The summed E-state index contributed by atoms with van der Waals surface area (Å²) >= 11 is 0. The first-order valence-corrected chi connectivity index (χ1v) is 12.3. The number of imidazole rings is 1. The average Bonchev–Trinajstić information content (AvgIpc) is 3.49. The highest BCUT2D eigenvalue weighted by atomic mass is 19.1. The van der Waals surface area contributed by atoms with Crippen LogP contribution in [0.3, 0.4) is 0 Å². The third-order valence-electron chi connectivity index (χ3n) is 6.10.